The Hall–Kier alpha value is -1.81. The van der Waals surface area contributed by atoms with Gasteiger partial charge >= 0.3 is 0 Å². The summed E-state index contributed by atoms with van der Waals surface area (Å²) in [4.78, 5) is 15.0. The first-order valence-electron chi connectivity index (χ1n) is 7.19. The molecule has 20 heavy (non-hydrogen) atoms. The Balaban J connectivity index is 1.77. The number of fused-ring (bicyclic) bond motifs is 1. The highest BCUT2D eigenvalue weighted by atomic mass is 16.1. The van der Waals surface area contributed by atoms with Crippen molar-refractivity contribution < 1.29 is 4.79 Å². The maximum Gasteiger partial charge on any atom is 0.224 e. The molecule has 0 bridgehead atoms. The molecular formula is C16H23N3O. The topological polar surface area (TPSA) is 56.9 Å². The van der Waals surface area contributed by atoms with E-state index in [9.17, 15) is 4.79 Å². The zero-order chi connectivity index (χ0) is 14.4. The predicted molar refractivity (Wildman–Crippen MR) is 82.7 cm³/mol. The first-order chi connectivity index (χ1) is 9.72. The van der Waals surface area contributed by atoms with E-state index in [4.69, 9.17) is 0 Å². The lowest BCUT2D eigenvalue weighted by atomic mass is 10.1. The van der Waals surface area contributed by atoms with E-state index in [1.807, 2.05) is 20.0 Å². The Morgan fingerprint density at radius 1 is 1.35 bits per heavy atom. The van der Waals surface area contributed by atoms with Gasteiger partial charge in [-0.1, -0.05) is 25.1 Å². The molecule has 2 rings (SSSR count). The molecule has 4 nitrogen and oxygen atoms in total. The molecule has 0 aliphatic heterocycles. The highest BCUT2D eigenvalue weighted by Gasteiger charge is 2.10. The molecule has 1 heterocycles. The van der Waals surface area contributed by atoms with Crippen LogP contribution in [0.25, 0.3) is 10.9 Å². The van der Waals surface area contributed by atoms with Crippen LogP contribution in [-0.2, 0) is 11.2 Å². The molecule has 3 N–H and O–H groups in total. The SMILES string of the molecule is CNCC(C)C(=O)NCCCc1c[nH]c2ccccc12. The second-order valence-electron chi connectivity index (χ2n) is 5.21. The maximum atomic E-state index is 11.7. The molecule has 0 fully saturated rings. The van der Waals surface area contributed by atoms with Crippen LogP contribution >= 0.6 is 0 Å². The average molecular weight is 273 g/mol. The fourth-order valence-electron chi connectivity index (χ4n) is 2.40. The zero-order valence-electron chi connectivity index (χ0n) is 12.2. The maximum absolute atomic E-state index is 11.7. The molecule has 1 unspecified atom stereocenters. The summed E-state index contributed by atoms with van der Waals surface area (Å²) < 4.78 is 0. The molecular weight excluding hydrogens is 250 g/mol. The van der Waals surface area contributed by atoms with E-state index >= 15 is 0 Å². The minimum atomic E-state index is 0.0214. The molecule has 1 aromatic heterocycles. The Kier molecular flexibility index (Phi) is 5.18. The second-order valence-corrected chi connectivity index (χ2v) is 5.21. The van der Waals surface area contributed by atoms with Crippen molar-refractivity contribution in [3.05, 3.63) is 36.0 Å². The van der Waals surface area contributed by atoms with E-state index < -0.39 is 0 Å². The minimum Gasteiger partial charge on any atom is -0.361 e. The lowest BCUT2D eigenvalue weighted by molar-refractivity contribution is -0.124. The molecule has 2 aromatic rings. The van der Waals surface area contributed by atoms with E-state index in [1.165, 1.54) is 16.5 Å². The van der Waals surface area contributed by atoms with Crippen LogP contribution in [0.5, 0.6) is 0 Å². The Labute approximate surface area is 120 Å². The molecule has 0 saturated carbocycles. The number of aromatic nitrogens is 1. The summed E-state index contributed by atoms with van der Waals surface area (Å²) in [6.07, 6.45) is 4.00. The van der Waals surface area contributed by atoms with E-state index in [2.05, 4.69) is 40.0 Å². The van der Waals surface area contributed by atoms with E-state index in [0.717, 1.165) is 19.4 Å². The van der Waals surface area contributed by atoms with Gasteiger partial charge < -0.3 is 15.6 Å². The molecule has 0 spiro atoms. The molecule has 0 aliphatic rings. The van der Waals surface area contributed by atoms with Crippen molar-refractivity contribution in [2.24, 2.45) is 5.92 Å². The van der Waals surface area contributed by atoms with Crippen LogP contribution < -0.4 is 10.6 Å². The Morgan fingerprint density at radius 3 is 2.95 bits per heavy atom. The van der Waals surface area contributed by atoms with Crippen LogP contribution in [0.15, 0.2) is 30.5 Å². The third-order valence-corrected chi connectivity index (χ3v) is 3.55. The molecule has 0 aliphatic carbocycles. The van der Waals surface area contributed by atoms with Gasteiger partial charge in [-0.15, -0.1) is 0 Å². The predicted octanol–water partition coefficient (Wildman–Crippen LogP) is 2.07. The molecule has 108 valence electrons. The summed E-state index contributed by atoms with van der Waals surface area (Å²) in [5, 5.41) is 7.28. The van der Waals surface area contributed by atoms with Crippen molar-refractivity contribution >= 4 is 16.8 Å². The number of hydrogen-bond acceptors (Lipinski definition) is 2. The van der Waals surface area contributed by atoms with Gasteiger partial charge in [-0.2, -0.15) is 0 Å². The normalized spacial score (nSPS) is 12.5. The lowest BCUT2D eigenvalue weighted by Crippen LogP contribution is -2.34. The first-order valence-corrected chi connectivity index (χ1v) is 7.19. The Morgan fingerprint density at radius 2 is 2.15 bits per heavy atom. The monoisotopic (exact) mass is 273 g/mol. The van der Waals surface area contributed by atoms with Gasteiger partial charge in [-0.25, -0.2) is 0 Å². The molecule has 1 atom stereocenters. The van der Waals surface area contributed by atoms with Crippen LogP contribution in [0.2, 0.25) is 0 Å². The number of hydrogen-bond donors (Lipinski definition) is 3. The van der Waals surface area contributed by atoms with E-state index in [1.54, 1.807) is 0 Å². The van der Waals surface area contributed by atoms with Crippen molar-refractivity contribution in [1.82, 2.24) is 15.6 Å². The molecule has 0 saturated heterocycles. The zero-order valence-corrected chi connectivity index (χ0v) is 12.2. The third-order valence-electron chi connectivity index (χ3n) is 3.55. The summed E-state index contributed by atoms with van der Waals surface area (Å²) in [7, 11) is 1.86. The number of amides is 1. The summed E-state index contributed by atoms with van der Waals surface area (Å²) in [6.45, 7) is 3.38. The van der Waals surface area contributed by atoms with Crippen molar-refractivity contribution in [1.29, 1.82) is 0 Å². The summed E-state index contributed by atoms with van der Waals surface area (Å²) in [5.41, 5.74) is 2.49. The number of aromatic amines is 1. The fraction of sp³-hybridized carbons (Fsp3) is 0.438. The number of carbonyl (C=O) groups excluding carboxylic acids is 1. The van der Waals surface area contributed by atoms with Crippen molar-refractivity contribution in [2.75, 3.05) is 20.1 Å². The number of benzene rings is 1. The molecule has 1 aromatic carbocycles. The van der Waals surface area contributed by atoms with Gasteiger partial charge in [-0.05, 0) is 31.5 Å². The number of para-hydroxylation sites is 1. The third kappa shape index (κ3) is 3.61. The largest absolute Gasteiger partial charge is 0.361 e. The number of H-pyrrole nitrogens is 1. The van der Waals surface area contributed by atoms with Gasteiger partial charge in [0.2, 0.25) is 5.91 Å². The van der Waals surface area contributed by atoms with Crippen LogP contribution in [0, 0.1) is 5.92 Å². The molecule has 1 amide bonds. The number of aryl methyl sites for hydroxylation is 1. The van der Waals surface area contributed by atoms with Crippen LogP contribution in [0.1, 0.15) is 18.9 Å². The van der Waals surface area contributed by atoms with Gasteiger partial charge in [0.1, 0.15) is 0 Å². The van der Waals surface area contributed by atoms with Crippen LogP contribution in [-0.4, -0.2) is 31.0 Å². The van der Waals surface area contributed by atoms with Crippen molar-refractivity contribution in [2.45, 2.75) is 19.8 Å². The molecule has 0 radical (unpaired) electrons. The van der Waals surface area contributed by atoms with Crippen molar-refractivity contribution in [3.63, 3.8) is 0 Å². The number of carbonyl (C=O) groups is 1. The van der Waals surface area contributed by atoms with Gasteiger partial charge in [0.25, 0.3) is 0 Å². The van der Waals surface area contributed by atoms with Gasteiger partial charge in [-0.3, -0.25) is 4.79 Å². The van der Waals surface area contributed by atoms with E-state index in [0.29, 0.717) is 6.54 Å². The summed E-state index contributed by atoms with van der Waals surface area (Å²) >= 11 is 0. The highest BCUT2D eigenvalue weighted by molar-refractivity contribution is 5.83. The highest BCUT2D eigenvalue weighted by Crippen LogP contribution is 2.18. The van der Waals surface area contributed by atoms with Crippen LogP contribution in [0.4, 0.5) is 0 Å². The number of rotatable bonds is 7. The van der Waals surface area contributed by atoms with Gasteiger partial charge in [0.05, 0.1) is 0 Å². The Bertz CT molecular complexity index is 562. The first kappa shape index (κ1) is 14.6. The lowest BCUT2D eigenvalue weighted by Gasteiger charge is -2.11. The minimum absolute atomic E-state index is 0.0214. The number of nitrogens with one attached hydrogen (secondary N) is 3. The van der Waals surface area contributed by atoms with E-state index in [-0.39, 0.29) is 11.8 Å². The molecule has 4 heteroatoms. The second kappa shape index (κ2) is 7.10. The fourth-order valence-corrected chi connectivity index (χ4v) is 2.40. The van der Waals surface area contributed by atoms with Gasteiger partial charge in [0.15, 0.2) is 0 Å². The quantitative estimate of drug-likeness (QED) is 0.676. The van der Waals surface area contributed by atoms with Crippen LogP contribution in [0.3, 0.4) is 0 Å². The smallest absolute Gasteiger partial charge is 0.224 e. The summed E-state index contributed by atoms with van der Waals surface area (Å²) in [6, 6.07) is 8.31. The van der Waals surface area contributed by atoms with Gasteiger partial charge in [0, 0.05) is 36.1 Å². The summed E-state index contributed by atoms with van der Waals surface area (Å²) in [5.74, 6) is 0.145. The average Bonchev–Trinajstić information content (AvgIpc) is 2.87. The van der Waals surface area contributed by atoms with Crippen molar-refractivity contribution in [3.8, 4) is 0 Å². The standard InChI is InChI=1S/C16H23N3O/c1-12(10-17-2)16(20)18-9-5-6-13-11-19-15-8-4-3-7-14(13)15/h3-4,7-8,11-12,17,19H,5-6,9-10H2,1-2H3,(H,18,20).